The van der Waals surface area contributed by atoms with E-state index in [9.17, 15) is 39.3 Å². The van der Waals surface area contributed by atoms with E-state index in [1.54, 1.807) is 38.1 Å². The zero-order valence-corrected chi connectivity index (χ0v) is 23.0. The number of carboxylic acids is 3. The number of aromatic hydroxyl groups is 1. The van der Waals surface area contributed by atoms with Gasteiger partial charge in [-0.2, -0.15) is 0 Å². The van der Waals surface area contributed by atoms with E-state index >= 15 is 0 Å². The molecule has 11 nitrogen and oxygen atoms in total. The molecule has 0 aromatic heterocycles. The number of carboxylic acid groups (broad SMARTS) is 3. The van der Waals surface area contributed by atoms with Crippen molar-refractivity contribution in [1.82, 2.24) is 10.2 Å². The van der Waals surface area contributed by atoms with Gasteiger partial charge < -0.3 is 35.4 Å². The molecule has 0 radical (unpaired) electrons. The van der Waals surface area contributed by atoms with E-state index < -0.39 is 57.8 Å². The van der Waals surface area contributed by atoms with Gasteiger partial charge in [-0.25, -0.2) is 4.79 Å². The Bertz CT molecular complexity index is 1210. The molecule has 4 atom stereocenters. The fraction of sp³-hybridized carbons (Fsp3) is 0.292. The van der Waals surface area contributed by atoms with Crippen LogP contribution >= 0.6 is 11.8 Å². The molecule has 2 aliphatic rings. The summed E-state index contributed by atoms with van der Waals surface area (Å²) in [5.41, 5.74) is 0.131. The summed E-state index contributed by atoms with van der Waals surface area (Å²) < 4.78 is -0.711. The Morgan fingerprint density at radius 2 is 1.59 bits per heavy atom. The quantitative estimate of drug-likeness (QED) is 0.171. The summed E-state index contributed by atoms with van der Waals surface area (Å²) in [4.78, 5) is 59.3. The molecule has 2 heterocycles. The number of thioether (sulfide) groups is 1. The summed E-state index contributed by atoms with van der Waals surface area (Å²) in [6.45, 7) is 3.45. The maximum absolute atomic E-state index is 12.5. The molecule has 190 valence electrons. The van der Waals surface area contributed by atoms with Crippen LogP contribution in [0, 0.1) is 0 Å². The average molecular weight is 539 g/mol. The Morgan fingerprint density at radius 1 is 1.03 bits per heavy atom. The summed E-state index contributed by atoms with van der Waals surface area (Å²) in [7, 11) is 0. The summed E-state index contributed by atoms with van der Waals surface area (Å²) in [5, 5.41) is 39.8. The Kier molecular flexibility index (Phi) is 9.78. The molecular weight excluding hydrogens is 515 g/mol. The zero-order valence-electron chi connectivity index (χ0n) is 20.2. The number of nitrogens with zero attached hydrogens (tertiary/aromatic N) is 1. The number of nitrogens with one attached hydrogen (secondary N) is 1. The molecule has 2 saturated heterocycles. The van der Waals surface area contributed by atoms with E-state index in [2.05, 4.69) is 5.32 Å². The monoisotopic (exact) mass is 538 g/mol. The predicted octanol–water partition coefficient (Wildman–Crippen LogP) is -2.75. The van der Waals surface area contributed by atoms with Crippen LogP contribution in [0.15, 0.2) is 54.6 Å². The van der Waals surface area contributed by atoms with Crippen LogP contribution in [0.1, 0.15) is 35.7 Å². The summed E-state index contributed by atoms with van der Waals surface area (Å²) >= 11 is 1.29. The molecule has 2 fully saturated rings. The number of para-hydroxylation sites is 1. The van der Waals surface area contributed by atoms with E-state index in [1.165, 1.54) is 47.0 Å². The second kappa shape index (κ2) is 12.0. The number of fused-ring (bicyclic) bond motifs is 1. The topological polar surface area (TPSA) is 184 Å². The standard InChI is InChI=1S/C17H18N2O6S.C7H6O3.Na/c1-17(2)11(16(24)25)19-13(21)10(14(19)26-17)18-12(20)9(15(22)23)8-6-4-3-5-7-8;8-6-4-2-1-3-5(6)7(9)10;/h3-7,9-11,14H,1-2H3,(H,18,20)(H,22,23)(H,24,25);1-4,8H,(H,9,10);/q;;+1/p-1/t9?,10-,11+,14-;;/m1../s1. The first kappa shape index (κ1) is 30.2. The summed E-state index contributed by atoms with van der Waals surface area (Å²) in [6, 6.07) is 11.7. The number of aliphatic carboxylic acids is 2. The number of carbonyl (C=O) groups excluding carboxylic acids is 3. The third-order valence-electron chi connectivity index (χ3n) is 5.74. The van der Waals surface area contributed by atoms with Gasteiger partial charge in [-0.05, 0) is 31.5 Å². The number of benzene rings is 2. The number of carbonyl (C=O) groups is 5. The molecule has 0 saturated carbocycles. The predicted molar refractivity (Wildman–Crippen MR) is 125 cm³/mol. The normalized spacial score (nSPS) is 21.6. The fourth-order valence-corrected chi connectivity index (χ4v) is 5.71. The number of hydrogen-bond donors (Lipinski definition) is 4. The third-order valence-corrected chi connectivity index (χ3v) is 7.31. The van der Waals surface area contributed by atoms with Gasteiger partial charge in [0.05, 0.1) is 5.97 Å². The second-order valence-electron chi connectivity index (χ2n) is 8.57. The van der Waals surface area contributed by atoms with E-state index in [0.717, 1.165) is 0 Å². The Balaban J connectivity index is 0.000000369. The molecule has 2 aromatic carbocycles. The number of β-lactam (4-membered cyclic amide) rings is 1. The molecule has 37 heavy (non-hydrogen) atoms. The number of rotatable bonds is 6. The molecule has 1 unspecified atom stereocenters. The minimum absolute atomic E-state index is 0. The van der Waals surface area contributed by atoms with Gasteiger partial charge in [-0.1, -0.05) is 42.5 Å². The molecule has 0 spiro atoms. The van der Waals surface area contributed by atoms with Crippen LogP contribution in [0.5, 0.6) is 5.75 Å². The number of amides is 2. The first-order valence-corrected chi connectivity index (χ1v) is 11.5. The van der Waals surface area contributed by atoms with Crippen LogP contribution in [-0.2, 0) is 19.2 Å². The molecular formula is C24H23N2NaO9S. The Labute approximate surface area is 238 Å². The summed E-state index contributed by atoms with van der Waals surface area (Å²) in [5.74, 6) is -6.78. The van der Waals surface area contributed by atoms with Crippen molar-refractivity contribution in [1.29, 1.82) is 0 Å². The van der Waals surface area contributed by atoms with Crippen molar-refractivity contribution in [3.8, 4) is 5.75 Å². The Hall–Kier alpha value is -3.06. The van der Waals surface area contributed by atoms with Crippen LogP contribution < -0.4 is 40.0 Å². The van der Waals surface area contributed by atoms with Gasteiger partial charge in [0, 0.05) is 10.3 Å². The summed E-state index contributed by atoms with van der Waals surface area (Å²) in [6.07, 6.45) is 0. The van der Waals surface area contributed by atoms with Gasteiger partial charge >= 0.3 is 41.5 Å². The van der Waals surface area contributed by atoms with E-state index in [4.69, 9.17) is 5.11 Å². The minimum atomic E-state index is -1.44. The van der Waals surface area contributed by atoms with Crippen LogP contribution in [0.3, 0.4) is 0 Å². The number of aromatic carboxylic acids is 1. The van der Waals surface area contributed by atoms with Gasteiger partial charge in [0.2, 0.25) is 11.8 Å². The van der Waals surface area contributed by atoms with Crippen molar-refractivity contribution in [2.75, 3.05) is 0 Å². The minimum Gasteiger partial charge on any atom is -0.545 e. The van der Waals surface area contributed by atoms with Crippen LogP contribution in [0.2, 0.25) is 0 Å². The second-order valence-corrected chi connectivity index (χ2v) is 10.3. The maximum atomic E-state index is 12.5. The van der Waals surface area contributed by atoms with Gasteiger partial charge in [0.1, 0.15) is 23.2 Å². The largest absolute Gasteiger partial charge is 1.00 e. The van der Waals surface area contributed by atoms with Crippen molar-refractivity contribution < 1.29 is 74.0 Å². The first-order valence-electron chi connectivity index (χ1n) is 10.7. The van der Waals surface area contributed by atoms with Crippen molar-refractivity contribution >= 4 is 41.5 Å². The van der Waals surface area contributed by atoms with Gasteiger partial charge in [-0.15, -0.1) is 11.8 Å². The molecule has 0 bridgehead atoms. The number of phenols is 1. The van der Waals surface area contributed by atoms with Gasteiger partial charge in [-0.3, -0.25) is 14.4 Å². The molecule has 4 N–H and O–H groups in total. The molecule has 0 aliphatic carbocycles. The average Bonchev–Trinajstić information content (AvgIpc) is 3.06. The molecule has 13 heteroatoms. The molecule has 2 aliphatic heterocycles. The van der Waals surface area contributed by atoms with Crippen LogP contribution in [0.4, 0.5) is 0 Å². The molecule has 2 amide bonds. The molecule has 2 aromatic rings. The van der Waals surface area contributed by atoms with Crippen molar-refractivity contribution in [2.45, 2.75) is 42.0 Å². The smallest absolute Gasteiger partial charge is 0.545 e. The SMILES string of the molecule is CC1(C)S[C@@H]2[C@H](NC(=O)C(C(=O)O)c3ccccc3)C(=O)N2[C@H]1C(=O)O.O=C([O-])c1ccccc1O.[Na+]. The van der Waals surface area contributed by atoms with Crippen molar-refractivity contribution in [3.63, 3.8) is 0 Å². The van der Waals surface area contributed by atoms with Crippen LogP contribution in [0.25, 0.3) is 0 Å². The van der Waals surface area contributed by atoms with Gasteiger partial charge in [0.15, 0.2) is 5.92 Å². The maximum Gasteiger partial charge on any atom is 1.00 e. The van der Waals surface area contributed by atoms with E-state index in [0.29, 0.717) is 5.56 Å². The van der Waals surface area contributed by atoms with Crippen LogP contribution in [-0.4, -0.2) is 72.1 Å². The zero-order chi connectivity index (χ0) is 26.8. The first-order chi connectivity index (χ1) is 16.9. The molecule has 4 rings (SSSR count). The Morgan fingerprint density at radius 3 is 2.08 bits per heavy atom. The number of hydrogen-bond acceptors (Lipinski definition) is 8. The van der Waals surface area contributed by atoms with Crippen molar-refractivity contribution in [2.24, 2.45) is 0 Å². The third kappa shape index (κ3) is 6.27. The van der Waals surface area contributed by atoms with Gasteiger partial charge in [0.25, 0.3) is 0 Å². The van der Waals surface area contributed by atoms with Crippen molar-refractivity contribution in [3.05, 3.63) is 65.7 Å². The fourth-order valence-electron chi connectivity index (χ4n) is 4.08. The van der Waals surface area contributed by atoms with E-state index in [1.807, 2.05) is 0 Å². The van der Waals surface area contributed by atoms with E-state index in [-0.39, 0.29) is 40.9 Å².